The number of phenols is 1. The number of rotatable bonds is 3. The van der Waals surface area contributed by atoms with Gasteiger partial charge in [0.15, 0.2) is 0 Å². The third-order valence-corrected chi connectivity index (χ3v) is 4.65. The average Bonchev–Trinajstić information content (AvgIpc) is 2.38. The number of carbonyl (C=O) groups excluding carboxylic acids is 1. The second-order valence-corrected chi connectivity index (χ2v) is 7.42. The lowest BCUT2D eigenvalue weighted by atomic mass is 10.1. The summed E-state index contributed by atoms with van der Waals surface area (Å²) in [5.74, 6) is -1.37. The Labute approximate surface area is 131 Å². The quantitative estimate of drug-likeness (QED) is 0.465. The van der Waals surface area contributed by atoms with Crippen molar-refractivity contribution in [2.24, 2.45) is 0 Å². The molecule has 9 nitrogen and oxygen atoms in total. The molecule has 0 aliphatic carbocycles. The van der Waals surface area contributed by atoms with Crippen LogP contribution >= 0.6 is 0 Å². The van der Waals surface area contributed by atoms with Gasteiger partial charge in [0.1, 0.15) is 16.3 Å². The van der Waals surface area contributed by atoms with Crippen molar-refractivity contribution in [2.75, 3.05) is 5.32 Å². The Hall–Kier alpha value is -2.21. The molecule has 0 radical (unpaired) electrons. The number of fused-ring (bicyclic) bond motifs is 1. The zero-order valence-corrected chi connectivity index (χ0v) is 13.1. The van der Waals surface area contributed by atoms with Gasteiger partial charge in [0.2, 0.25) is 5.91 Å². The monoisotopic (exact) mass is 361 g/mol. The molecule has 0 fully saturated rings. The summed E-state index contributed by atoms with van der Waals surface area (Å²) in [4.78, 5) is 9.81. The SMILES string of the molecule is CC(=O)Nc1c(S(=O)(=O)O)cc2cc(S(=O)(=O)O)ccc2c1O. The maximum atomic E-state index is 11.4. The molecular formula is C12H11NO8S2. The van der Waals surface area contributed by atoms with E-state index in [1.54, 1.807) is 0 Å². The lowest BCUT2D eigenvalue weighted by Gasteiger charge is -2.13. The highest BCUT2D eigenvalue weighted by Gasteiger charge is 2.23. The molecule has 11 heteroatoms. The molecule has 23 heavy (non-hydrogen) atoms. The highest BCUT2D eigenvalue weighted by molar-refractivity contribution is 7.86. The third-order valence-electron chi connectivity index (χ3n) is 2.92. The summed E-state index contributed by atoms with van der Waals surface area (Å²) in [5, 5.41) is 12.1. The number of amides is 1. The first kappa shape index (κ1) is 17.1. The fourth-order valence-electron chi connectivity index (χ4n) is 2.00. The number of hydrogen-bond acceptors (Lipinski definition) is 6. The highest BCUT2D eigenvalue weighted by Crippen LogP contribution is 2.39. The molecule has 0 heterocycles. The second kappa shape index (κ2) is 5.45. The molecule has 2 aromatic carbocycles. The van der Waals surface area contributed by atoms with Gasteiger partial charge in [-0.2, -0.15) is 16.8 Å². The lowest BCUT2D eigenvalue weighted by molar-refractivity contribution is -0.114. The fourth-order valence-corrected chi connectivity index (χ4v) is 3.20. The minimum absolute atomic E-state index is 0.00792. The van der Waals surface area contributed by atoms with Gasteiger partial charge in [0.05, 0.1) is 4.90 Å². The standard InChI is InChI=1S/C12H11NO8S2/c1-6(14)13-11-10(23(19,20)21)5-7-4-8(22(16,17)18)2-3-9(7)12(11)15/h2-5,15H,1H3,(H,13,14)(H,16,17,18)(H,19,20,21). The first-order chi connectivity index (χ1) is 10.4. The molecular weight excluding hydrogens is 350 g/mol. The molecule has 0 unspecified atom stereocenters. The number of nitrogens with one attached hydrogen (secondary N) is 1. The van der Waals surface area contributed by atoms with Gasteiger partial charge < -0.3 is 10.4 Å². The van der Waals surface area contributed by atoms with E-state index in [2.05, 4.69) is 5.32 Å². The van der Waals surface area contributed by atoms with Crippen LogP contribution in [-0.2, 0) is 25.0 Å². The Morgan fingerprint density at radius 1 is 1.04 bits per heavy atom. The highest BCUT2D eigenvalue weighted by atomic mass is 32.2. The summed E-state index contributed by atoms with van der Waals surface area (Å²) in [6.07, 6.45) is 0. The van der Waals surface area contributed by atoms with E-state index in [0.29, 0.717) is 0 Å². The maximum Gasteiger partial charge on any atom is 0.296 e. The number of phenolic OH excluding ortho intramolecular Hbond substituents is 1. The minimum Gasteiger partial charge on any atom is -0.505 e. The van der Waals surface area contributed by atoms with E-state index in [1.807, 2.05) is 0 Å². The van der Waals surface area contributed by atoms with Crippen molar-refractivity contribution in [3.05, 3.63) is 24.3 Å². The van der Waals surface area contributed by atoms with Crippen molar-refractivity contribution in [3.8, 4) is 5.75 Å². The molecule has 2 rings (SSSR count). The van der Waals surface area contributed by atoms with Gasteiger partial charge in [0, 0.05) is 12.3 Å². The van der Waals surface area contributed by atoms with Crippen LogP contribution in [0, 0.1) is 0 Å². The van der Waals surface area contributed by atoms with Gasteiger partial charge in [-0.3, -0.25) is 13.9 Å². The molecule has 0 saturated heterocycles. The predicted molar refractivity (Wildman–Crippen MR) is 79.5 cm³/mol. The molecule has 2 aromatic rings. The van der Waals surface area contributed by atoms with Crippen LogP contribution in [0.3, 0.4) is 0 Å². The molecule has 4 N–H and O–H groups in total. The van der Waals surface area contributed by atoms with E-state index in [-0.39, 0.29) is 10.8 Å². The first-order valence-corrected chi connectivity index (χ1v) is 8.81. The van der Waals surface area contributed by atoms with Crippen molar-refractivity contribution < 1.29 is 35.8 Å². The van der Waals surface area contributed by atoms with Crippen LogP contribution in [0.15, 0.2) is 34.1 Å². The summed E-state index contributed by atoms with van der Waals surface area (Å²) >= 11 is 0. The van der Waals surface area contributed by atoms with Crippen LogP contribution in [0.4, 0.5) is 5.69 Å². The van der Waals surface area contributed by atoms with Gasteiger partial charge in [-0.15, -0.1) is 0 Å². The van der Waals surface area contributed by atoms with Crippen LogP contribution in [-0.4, -0.2) is 37.0 Å². The topological polar surface area (TPSA) is 158 Å². The van der Waals surface area contributed by atoms with Gasteiger partial charge in [-0.25, -0.2) is 0 Å². The number of hydrogen-bond donors (Lipinski definition) is 4. The Balaban J connectivity index is 2.92. The second-order valence-electron chi connectivity index (χ2n) is 4.61. The summed E-state index contributed by atoms with van der Waals surface area (Å²) in [7, 11) is -9.38. The smallest absolute Gasteiger partial charge is 0.296 e. The molecule has 0 aromatic heterocycles. The number of benzene rings is 2. The van der Waals surface area contributed by atoms with Gasteiger partial charge in [0.25, 0.3) is 20.2 Å². The van der Waals surface area contributed by atoms with Crippen molar-refractivity contribution in [1.29, 1.82) is 0 Å². The van der Waals surface area contributed by atoms with Crippen LogP contribution in [0.1, 0.15) is 6.92 Å². The molecule has 0 aliphatic rings. The number of aromatic hydroxyl groups is 1. The van der Waals surface area contributed by atoms with Crippen molar-refractivity contribution in [2.45, 2.75) is 16.7 Å². The van der Waals surface area contributed by atoms with Gasteiger partial charge >= 0.3 is 0 Å². The largest absolute Gasteiger partial charge is 0.505 e. The van der Waals surface area contributed by atoms with Crippen molar-refractivity contribution >= 4 is 42.6 Å². The predicted octanol–water partition coefficient (Wildman–Crippen LogP) is 0.997. The summed E-state index contributed by atoms with van der Waals surface area (Å²) in [5.41, 5.74) is -0.535. The Bertz CT molecular complexity index is 1020. The molecule has 1 amide bonds. The Morgan fingerprint density at radius 2 is 1.65 bits per heavy atom. The first-order valence-electron chi connectivity index (χ1n) is 5.93. The summed E-state index contributed by atoms with van der Waals surface area (Å²) in [6.45, 7) is 1.07. The van der Waals surface area contributed by atoms with Gasteiger partial charge in [-0.1, -0.05) is 0 Å². The maximum absolute atomic E-state index is 11.4. The van der Waals surface area contributed by atoms with E-state index in [0.717, 1.165) is 31.2 Å². The zero-order chi connectivity index (χ0) is 17.6. The van der Waals surface area contributed by atoms with Crippen LogP contribution < -0.4 is 5.32 Å². The fraction of sp³-hybridized carbons (Fsp3) is 0.0833. The van der Waals surface area contributed by atoms with Crippen LogP contribution in [0.5, 0.6) is 5.75 Å². The Kier molecular flexibility index (Phi) is 4.07. The van der Waals surface area contributed by atoms with E-state index >= 15 is 0 Å². The normalized spacial score (nSPS) is 12.3. The Morgan fingerprint density at radius 3 is 2.13 bits per heavy atom. The van der Waals surface area contributed by atoms with Crippen molar-refractivity contribution in [1.82, 2.24) is 0 Å². The molecule has 0 bridgehead atoms. The molecule has 0 aliphatic heterocycles. The molecule has 0 saturated carbocycles. The van der Waals surface area contributed by atoms with E-state index in [4.69, 9.17) is 4.55 Å². The average molecular weight is 361 g/mol. The van der Waals surface area contributed by atoms with E-state index in [9.17, 15) is 31.3 Å². The number of carbonyl (C=O) groups is 1. The van der Waals surface area contributed by atoms with Crippen LogP contribution in [0.2, 0.25) is 0 Å². The number of anilines is 1. The lowest BCUT2D eigenvalue weighted by Crippen LogP contribution is -2.11. The zero-order valence-electron chi connectivity index (χ0n) is 11.5. The summed E-state index contributed by atoms with van der Waals surface area (Å²) < 4.78 is 63.4. The third kappa shape index (κ3) is 3.42. The van der Waals surface area contributed by atoms with E-state index in [1.165, 1.54) is 0 Å². The molecule has 124 valence electrons. The molecule has 0 spiro atoms. The van der Waals surface area contributed by atoms with E-state index < -0.39 is 47.4 Å². The van der Waals surface area contributed by atoms with Gasteiger partial charge in [-0.05, 0) is 29.7 Å². The van der Waals surface area contributed by atoms with Crippen LogP contribution in [0.25, 0.3) is 10.8 Å². The molecule has 0 atom stereocenters. The minimum atomic E-state index is -4.83. The van der Waals surface area contributed by atoms with Crippen molar-refractivity contribution in [3.63, 3.8) is 0 Å². The summed E-state index contributed by atoms with van der Waals surface area (Å²) in [6, 6.07) is 3.88.